The Balaban J connectivity index is 1.77. The van der Waals surface area contributed by atoms with E-state index in [0.29, 0.717) is 27.2 Å². The third-order valence-electron chi connectivity index (χ3n) is 4.35. The Morgan fingerprint density at radius 3 is 2.47 bits per heavy atom. The molecule has 0 aliphatic rings. The zero-order valence-electron chi connectivity index (χ0n) is 15.7. The maximum atomic E-state index is 13.4. The number of anilines is 1. The molecule has 0 unspecified atom stereocenters. The monoisotopic (exact) mass is 440 g/mol. The molecule has 5 nitrogen and oxygen atoms in total. The normalized spacial score (nSPS) is 10.8. The van der Waals surface area contributed by atoms with E-state index in [1.165, 1.54) is 22.9 Å². The van der Waals surface area contributed by atoms with Crippen LogP contribution >= 0.6 is 23.2 Å². The van der Waals surface area contributed by atoms with Crippen molar-refractivity contribution in [2.75, 3.05) is 5.32 Å². The van der Waals surface area contributed by atoms with Crippen LogP contribution in [0.15, 0.2) is 66.7 Å². The molecule has 0 saturated carbocycles. The van der Waals surface area contributed by atoms with Crippen LogP contribution < -0.4 is 5.32 Å². The van der Waals surface area contributed by atoms with Gasteiger partial charge in [-0.3, -0.25) is 4.79 Å². The summed E-state index contributed by atoms with van der Waals surface area (Å²) in [5.74, 6) is -0.631. The number of aromatic nitrogens is 3. The van der Waals surface area contributed by atoms with E-state index in [0.717, 1.165) is 11.1 Å². The molecular weight excluding hydrogens is 426 g/mol. The summed E-state index contributed by atoms with van der Waals surface area (Å²) in [6.07, 6.45) is 0. The maximum Gasteiger partial charge on any atom is 0.295 e. The maximum absolute atomic E-state index is 13.4. The summed E-state index contributed by atoms with van der Waals surface area (Å²) in [5.41, 5.74) is 2.76. The first kappa shape index (κ1) is 20.1. The molecule has 8 heteroatoms. The molecule has 0 saturated heterocycles. The SMILES string of the molecule is Cc1ccc(-c2nc(C(=O)Nc3cccc(F)c3)nn2-c2ccc(Cl)c(Cl)c2)cc1. The average Bonchev–Trinajstić information content (AvgIpc) is 3.16. The highest BCUT2D eigenvalue weighted by Crippen LogP contribution is 2.27. The van der Waals surface area contributed by atoms with Gasteiger partial charge in [-0.2, -0.15) is 0 Å². The summed E-state index contributed by atoms with van der Waals surface area (Å²) in [5, 5.41) is 7.73. The van der Waals surface area contributed by atoms with Crippen LogP contribution in [-0.4, -0.2) is 20.7 Å². The first-order valence-electron chi connectivity index (χ1n) is 8.97. The number of nitrogens with one attached hydrogen (secondary N) is 1. The largest absolute Gasteiger partial charge is 0.319 e. The van der Waals surface area contributed by atoms with Gasteiger partial charge in [0, 0.05) is 11.3 Å². The fraction of sp³-hybridized carbons (Fsp3) is 0.0455. The Labute approximate surface area is 182 Å². The van der Waals surface area contributed by atoms with Gasteiger partial charge in [0.25, 0.3) is 5.91 Å². The van der Waals surface area contributed by atoms with Gasteiger partial charge in [0.15, 0.2) is 5.82 Å². The standard InChI is InChI=1S/C22H15Cl2FN4O/c1-13-5-7-14(8-6-13)21-27-20(22(30)26-16-4-2-3-15(25)11-16)28-29(21)17-9-10-18(23)19(24)12-17/h2-12H,1H3,(H,26,30). The smallest absolute Gasteiger partial charge is 0.295 e. The van der Waals surface area contributed by atoms with Gasteiger partial charge in [0.1, 0.15) is 5.82 Å². The molecule has 1 N–H and O–H groups in total. The van der Waals surface area contributed by atoms with Crippen molar-refractivity contribution in [3.8, 4) is 17.1 Å². The van der Waals surface area contributed by atoms with Gasteiger partial charge in [-0.15, -0.1) is 5.10 Å². The number of hydrogen-bond donors (Lipinski definition) is 1. The number of halogens is 3. The number of amides is 1. The van der Waals surface area contributed by atoms with E-state index in [1.807, 2.05) is 31.2 Å². The molecule has 1 amide bonds. The Bertz CT molecular complexity index is 1240. The van der Waals surface area contributed by atoms with E-state index < -0.39 is 11.7 Å². The summed E-state index contributed by atoms with van der Waals surface area (Å²) in [6, 6.07) is 18.3. The molecule has 0 spiro atoms. The lowest BCUT2D eigenvalue weighted by Gasteiger charge is -2.07. The van der Waals surface area contributed by atoms with Crippen molar-refractivity contribution < 1.29 is 9.18 Å². The van der Waals surface area contributed by atoms with Gasteiger partial charge >= 0.3 is 0 Å². The molecule has 1 aromatic heterocycles. The van der Waals surface area contributed by atoms with E-state index in [2.05, 4.69) is 15.4 Å². The summed E-state index contributed by atoms with van der Waals surface area (Å²) >= 11 is 12.2. The van der Waals surface area contributed by atoms with Crippen LogP contribution in [0.1, 0.15) is 16.2 Å². The van der Waals surface area contributed by atoms with Crippen LogP contribution in [-0.2, 0) is 0 Å². The number of rotatable bonds is 4. The third kappa shape index (κ3) is 4.20. The Morgan fingerprint density at radius 1 is 1.00 bits per heavy atom. The lowest BCUT2D eigenvalue weighted by molar-refractivity contribution is 0.101. The second-order valence-corrected chi connectivity index (χ2v) is 7.41. The lowest BCUT2D eigenvalue weighted by Crippen LogP contribution is -2.14. The Hall–Kier alpha value is -3.22. The molecule has 0 aliphatic carbocycles. The number of nitrogens with zero attached hydrogens (tertiary/aromatic N) is 3. The second kappa shape index (κ2) is 8.26. The number of carbonyl (C=O) groups is 1. The predicted octanol–water partition coefficient (Wildman–Crippen LogP) is 5.94. The van der Waals surface area contributed by atoms with E-state index in [-0.39, 0.29) is 5.82 Å². The Morgan fingerprint density at radius 2 is 1.77 bits per heavy atom. The van der Waals surface area contributed by atoms with E-state index in [1.54, 1.807) is 24.3 Å². The van der Waals surface area contributed by atoms with E-state index in [4.69, 9.17) is 23.2 Å². The zero-order valence-corrected chi connectivity index (χ0v) is 17.2. The fourth-order valence-electron chi connectivity index (χ4n) is 2.85. The molecular formula is C22H15Cl2FN4O. The number of aryl methyl sites for hydroxylation is 1. The highest BCUT2D eigenvalue weighted by atomic mass is 35.5. The Kier molecular flexibility index (Phi) is 5.53. The first-order valence-corrected chi connectivity index (χ1v) is 9.73. The third-order valence-corrected chi connectivity index (χ3v) is 5.09. The quantitative estimate of drug-likeness (QED) is 0.426. The number of hydrogen-bond acceptors (Lipinski definition) is 3. The van der Waals surface area contributed by atoms with Crippen LogP contribution in [0.3, 0.4) is 0 Å². The van der Waals surface area contributed by atoms with Crippen LogP contribution in [0, 0.1) is 12.7 Å². The van der Waals surface area contributed by atoms with Gasteiger partial charge < -0.3 is 5.32 Å². The molecule has 150 valence electrons. The lowest BCUT2D eigenvalue weighted by atomic mass is 10.1. The van der Waals surface area contributed by atoms with Crippen molar-refractivity contribution in [3.63, 3.8) is 0 Å². The van der Waals surface area contributed by atoms with Crippen molar-refractivity contribution >= 4 is 34.8 Å². The first-order chi connectivity index (χ1) is 14.4. The molecule has 30 heavy (non-hydrogen) atoms. The highest BCUT2D eigenvalue weighted by Gasteiger charge is 2.19. The molecule has 1 heterocycles. The van der Waals surface area contributed by atoms with Crippen molar-refractivity contribution in [3.05, 3.63) is 94.0 Å². The molecule has 0 bridgehead atoms. The minimum atomic E-state index is -0.562. The molecule has 0 aliphatic heterocycles. The number of carbonyl (C=O) groups excluding carboxylic acids is 1. The average molecular weight is 441 g/mol. The van der Waals surface area contributed by atoms with Crippen LogP contribution in [0.2, 0.25) is 10.0 Å². The molecule has 0 fully saturated rings. The van der Waals surface area contributed by atoms with E-state index in [9.17, 15) is 9.18 Å². The molecule has 0 radical (unpaired) electrons. The van der Waals surface area contributed by atoms with Crippen molar-refractivity contribution in [1.29, 1.82) is 0 Å². The second-order valence-electron chi connectivity index (χ2n) is 6.60. The van der Waals surface area contributed by atoms with E-state index >= 15 is 0 Å². The molecule has 4 aromatic rings. The molecule has 3 aromatic carbocycles. The van der Waals surface area contributed by atoms with Crippen molar-refractivity contribution in [1.82, 2.24) is 14.8 Å². The van der Waals surface area contributed by atoms with Gasteiger partial charge in [-0.05, 0) is 43.3 Å². The van der Waals surface area contributed by atoms with Crippen LogP contribution in [0.4, 0.5) is 10.1 Å². The van der Waals surface area contributed by atoms with Crippen LogP contribution in [0.5, 0.6) is 0 Å². The summed E-state index contributed by atoms with van der Waals surface area (Å²) in [4.78, 5) is 17.1. The predicted molar refractivity (Wildman–Crippen MR) is 116 cm³/mol. The topological polar surface area (TPSA) is 59.8 Å². The van der Waals surface area contributed by atoms with Gasteiger partial charge in [-0.25, -0.2) is 14.1 Å². The summed E-state index contributed by atoms with van der Waals surface area (Å²) in [7, 11) is 0. The summed E-state index contributed by atoms with van der Waals surface area (Å²) in [6.45, 7) is 1.98. The number of benzene rings is 3. The molecule has 4 rings (SSSR count). The van der Waals surface area contributed by atoms with Crippen molar-refractivity contribution in [2.24, 2.45) is 0 Å². The highest BCUT2D eigenvalue weighted by molar-refractivity contribution is 6.42. The summed E-state index contributed by atoms with van der Waals surface area (Å²) < 4.78 is 14.9. The minimum absolute atomic E-state index is 0.0686. The minimum Gasteiger partial charge on any atom is -0.319 e. The van der Waals surface area contributed by atoms with Crippen molar-refractivity contribution in [2.45, 2.75) is 6.92 Å². The van der Waals surface area contributed by atoms with Gasteiger partial charge in [0.2, 0.25) is 5.82 Å². The van der Waals surface area contributed by atoms with Crippen LogP contribution in [0.25, 0.3) is 17.1 Å². The zero-order chi connectivity index (χ0) is 21.3. The molecule has 0 atom stereocenters. The van der Waals surface area contributed by atoms with Gasteiger partial charge in [0.05, 0.1) is 15.7 Å². The van der Waals surface area contributed by atoms with Gasteiger partial charge in [-0.1, -0.05) is 59.1 Å². The fourth-order valence-corrected chi connectivity index (χ4v) is 3.14.